The number of nitrogens with one attached hydrogen (secondary N) is 1. The summed E-state index contributed by atoms with van der Waals surface area (Å²) < 4.78 is 0. The van der Waals surface area contributed by atoms with Gasteiger partial charge in [0.2, 0.25) is 0 Å². The number of hydrogen-bond acceptors (Lipinski definition) is 2. The number of thiophene rings is 1. The van der Waals surface area contributed by atoms with Gasteiger partial charge in [-0.3, -0.25) is 0 Å². The number of rotatable bonds is 6. The molecule has 15 heavy (non-hydrogen) atoms. The third-order valence-electron chi connectivity index (χ3n) is 2.73. The fourth-order valence-electron chi connectivity index (χ4n) is 1.80. The van der Waals surface area contributed by atoms with Crippen LogP contribution in [-0.4, -0.2) is 7.05 Å². The van der Waals surface area contributed by atoms with Crippen LogP contribution in [0.5, 0.6) is 0 Å². The fourth-order valence-corrected chi connectivity index (χ4v) is 2.82. The third kappa shape index (κ3) is 4.35. The van der Waals surface area contributed by atoms with Gasteiger partial charge in [-0.15, -0.1) is 11.3 Å². The Morgan fingerprint density at radius 3 is 2.47 bits per heavy atom. The SMILES string of the molecule is CNC(CCCC(C)C)c1ccc(C)s1. The highest BCUT2D eigenvalue weighted by Crippen LogP contribution is 2.26. The van der Waals surface area contributed by atoms with E-state index >= 15 is 0 Å². The Morgan fingerprint density at radius 1 is 1.27 bits per heavy atom. The summed E-state index contributed by atoms with van der Waals surface area (Å²) in [6.07, 6.45) is 3.91. The molecule has 1 rings (SSSR count). The Balaban J connectivity index is 2.42. The van der Waals surface area contributed by atoms with E-state index in [1.165, 1.54) is 29.0 Å². The van der Waals surface area contributed by atoms with Crippen LogP contribution in [0.1, 0.15) is 48.9 Å². The molecule has 86 valence electrons. The predicted octanol–water partition coefficient (Wildman–Crippen LogP) is 4.14. The molecular formula is C13H23NS. The molecule has 1 unspecified atom stereocenters. The molecule has 0 fully saturated rings. The zero-order valence-corrected chi connectivity index (χ0v) is 11.2. The summed E-state index contributed by atoms with van der Waals surface area (Å²) >= 11 is 1.92. The van der Waals surface area contributed by atoms with Gasteiger partial charge in [0.05, 0.1) is 0 Å². The van der Waals surface area contributed by atoms with Gasteiger partial charge in [0.1, 0.15) is 0 Å². The molecule has 0 radical (unpaired) electrons. The van der Waals surface area contributed by atoms with Gasteiger partial charge in [-0.2, -0.15) is 0 Å². The van der Waals surface area contributed by atoms with Crippen molar-refractivity contribution in [1.82, 2.24) is 5.32 Å². The van der Waals surface area contributed by atoms with Crippen LogP contribution in [0.3, 0.4) is 0 Å². The molecule has 0 amide bonds. The third-order valence-corrected chi connectivity index (χ3v) is 3.84. The van der Waals surface area contributed by atoms with Crippen molar-refractivity contribution in [2.24, 2.45) is 5.92 Å². The average molecular weight is 225 g/mol. The monoisotopic (exact) mass is 225 g/mol. The van der Waals surface area contributed by atoms with Crippen LogP contribution in [0.15, 0.2) is 12.1 Å². The lowest BCUT2D eigenvalue weighted by molar-refractivity contribution is 0.474. The molecule has 1 heterocycles. The van der Waals surface area contributed by atoms with E-state index in [1.54, 1.807) is 0 Å². The van der Waals surface area contributed by atoms with Gasteiger partial charge in [0.15, 0.2) is 0 Å². The molecule has 2 heteroatoms. The maximum Gasteiger partial charge on any atom is 0.0412 e. The Morgan fingerprint density at radius 2 is 2.00 bits per heavy atom. The van der Waals surface area contributed by atoms with Crippen molar-refractivity contribution in [3.05, 3.63) is 21.9 Å². The maximum absolute atomic E-state index is 3.42. The van der Waals surface area contributed by atoms with Crippen LogP contribution in [0.4, 0.5) is 0 Å². The fraction of sp³-hybridized carbons (Fsp3) is 0.692. The molecule has 0 saturated heterocycles. The van der Waals surface area contributed by atoms with E-state index in [9.17, 15) is 0 Å². The second-order valence-corrected chi connectivity index (χ2v) is 5.93. The van der Waals surface area contributed by atoms with Crippen molar-refractivity contribution in [2.45, 2.75) is 46.1 Å². The molecule has 0 bridgehead atoms. The highest BCUT2D eigenvalue weighted by Gasteiger charge is 2.10. The average Bonchev–Trinajstić information content (AvgIpc) is 2.59. The maximum atomic E-state index is 3.42. The highest BCUT2D eigenvalue weighted by molar-refractivity contribution is 7.12. The van der Waals surface area contributed by atoms with E-state index in [1.807, 2.05) is 11.3 Å². The quantitative estimate of drug-likeness (QED) is 0.767. The van der Waals surface area contributed by atoms with Crippen molar-refractivity contribution in [3.8, 4) is 0 Å². The summed E-state index contributed by atoms with van der Waals surface area (Å²) in [5.74, 6) is 0.826. The van der Waals surface area contributed by atoms with Gasteiger partial charge in [0, 0.05) is 15.8 Å². The number of hydrogen-bond donors (Lipinski definition) is 1. The predicted molar refractivity (Wildman–Crippen MR) is 69.5 cm³/mol. The van der Waals surface area contributed by atoms with E-state index in [0.717, 1.165) is 5.92 Å². The molecule has 0 aliphatic carbocycles. The molecule has 1 aromatic heterocycles. The molecule has 1 nitrogen and oxygen atoms in total. The molecule has 0 aromatic carbocycles. The first kappa shape index (κ1) is 12.7. The van der Waals surface area contributed by atoms with Crippen LogP contribution in [0.25, 0.3) is 0 Å². The molecule has 1 atom stereocenters. The lowest BCUT2D eigenvalue weighted by Gasteiger charge is -2.15. The standard InChI is InChI=1S/C13H23NS/c1-10(2)6-5-7-12(14-4)13-9-8-11(3)15-13/h8-10,12,14H,5-7H2,1-4H3. The summed E-state index contributed by atoms with van der Waals surface area (Å²) in [7, 11) is 2.06. The summed E-state index contributed by atoms with van der Waals surface area (Å²) in [5.41, 5.74) is 0. The first-order valence-corrected chi connectivity index (χ1v) is 6.68. The lowest BCUT2D eigenvalue weighted by Crippen LogP contribution is -2.15. The van der Waals surface area contributed by atoms with Gasteiger partial charge in [-0.05, 0) is 38.4 Å². The van der Waals surface area contributed by atoms with Crippen LogP contribution in [0, 0.1) is 12.8 Å². The molecule has 0 aliphatic heterocycles. The van der Waals surface area contributed by atoms with E-state index in [4.69, 9.17) is 0 Å². The smallest absolute Gasteiger partial charge is 0.0412 e. The van der Waals surface area contributed by atoms with Crippen LogP contribution in [-0.2, 0) is 0 Å². The second kappa shape index (κ2) is 6.29. The summed E-state index contributed by atoms with van der Waals surface area (Å²) in [6, 6.07) is 5.03. The van der Waals surface area contributed by atoms with Crippen molar-refractivity contribution >= 4 is 11.3 Å². The van der Waals surface area contributed by atoms with Crippen LogP contribution in [0.2, 0.25) is 0 Å². The summed E-state index contributed by atoms with van der Waals surface area (Å²) in [5, 5.41) is 3.42. The first-order valence-electron chi connectivity index (χ1n) is 5.87. The summed E-state index contributed by atoms with van der Waals surface area (Å²) in [4.78, 5) is 2.90. The Bertz CT molecular complexity index is 278. The van der Waals surface area contributed by atoms with Crippen molar-refractivity contribution in [2.75, 3.05) is 7.05 Å². The zero-order valence-electron chi connectivity index (χ0n) is 10.3. The van der Waals surface area contributed by atoms with Crippen molar-refractivity contribution in [3.63, 3.8) is 0 Å². The molecule has 0 spiro atoms. The van der Waals surface area contributed by atoms with Gasteiger partial charge in [-0.25, -0.2) is 0 Å². The van der Waals surface area contributed by atoms with Gasteiger partial charge >= 0.3 is 0 Å². The minimum absolute atomic E-state index is 0.558. The first-order chi connectivity index (χ1) is 7.13. The van der Waals surface area contributed by atoms with E-state index in [-0.39, 0.29) is 0 Å². The zero-order chi connectivity index (χ0) is 11.3. The van der Waals surface area contributed by atoms with Gasteiger partial charge < -0.3 is 5.32 Å². The molecule has 1 aromatic rings. The minimum Gasteiger partial charge on any atom is -0.312 e. The Labute approximate surface area is 97.9 Å². The minimum atomic E-state index is 0.558. The van der Waals surface area contributed by atoms with Gasteiger partial charge in [-0.1, -0.05) is 26.7 Å². The largest absolute Gasteiger partial charge is 0.312 e. The molecule has 0 aliphatic rings. The van der Waals surface area contributed by atoms with Crippen molar-refractivity contribution in [1.29, 1.82) is 0 Å². The van der Waals surface area contributed by atoms with Gasteiger partial charge in [0.25, 0.3) is 0 Å². The second-order valence-electron chi connectivity index (χ2n) is 4.61. The van der Waals surface area contributed by atoms with E-state index in [0.29, 0.717) is 6.04 Å². The van der Waals surface area contributed by atoms with E-state index < -0.39 is 0 Å². The topological polar surface area (TPSA) is 12.0 Å². The Hall–Kier alpha value is -0.340. The molecular weight excluding hydrogens is 202 g/mol. The summed E-state index contributed by atoms with van der Waals surface area (Å²) in [6.45, 7) is 6.77. The van der Waals surface area contributed by atoms with Crippen LogP contribution >= 0.6 is 11.3 Å². The Kier molecular flexibility index (Phi) is 5.34. The van der Waals surface area contributed by atoms with Crippen molar-refractivity contribution < 1.29 is 0 Å². The lowest BCUT2D eigenvalue weighted by atomic mass is 10.0. The number of aryl methyl sites for hydroxylation is 1. The van der Waals surface area contributed by atoms with E-state index in [2.05, 4.69) is 45.3 Å². The highest BCUT2D eigenvalue weighted by atomic mass is 32.1. The molecule has 0 saturated carbocycles. The van der Waals surface area contributed by atoms with Crippen LogP contribution < -0.4 is 5.32 Å². The normalized spacial score (nSPS) is 13.4. The molecule has 1 N–H and O–H groups in total.